The number of aliphatic carboxylic acids is 1. The van der Waals surface area contributed by atoms with Crippen molar-refractivity contribution in [3.8, 4) is 0 Å². The molecule has 0 spiro atoms. The Labute approximate surface area is 160 Å². The summed E-state index contributed by atoms with van der Waals surface area (Å²) in [5, 5.41) is 14.6. The topological polar surface area (TPSA) is 105 Å². The van der Waals surface area contributed by atoms with Gasteiger partial charge in [-0.25, -0.2) is 9.59 Å². The molecule has 2 atom stereocenters. The minimum absolute atomic E-state index is 0.0272. The van der Waals surface area contributed by atoms with E-state index in [-0.39, 0.29) is 18.8 Å². The molecular weight excluding hydrogens is 348 g/mol. The van der Waals surface area contributed by atoms with Crippen LogP contribution in [0.25, 0.3) is 0 Å². The minimum atomic E-state index is -1.10. The van der Waals surface area contributed by atoms with E-state index >= 15 is 0 Å². The van der Waals surface area contributed by atoms with Crippen LogP contribution in [0, 0.1) is 5.92 Å². The zero-order valence-corrected chi connectivity index (χ0v) is 16.6. The Morgan fingerprint density at radius 1 is 1.07 bits per heavy atom. The first kappa shape index (κ1) is 22.5. The third-order valence-electron chi connectivity index (χ3n) is 3.83. The lowest BCUT2D eigenvalue weighted by Crippen LogP contribution is -2.47. The fraction of sp³-hybridized carbons (Fsp3) is 0.550. The Morgan fingerprint density at radius 3 is 2.15 bits per heavy atom. The van der Waals surface area contributed by atoms with Crippen molar-refractivity contribution in [2.75, 3.05) is 0 Å². The molecular formula is C20H30N2O5. The van der Waals surface area contributed by atoms with E-state index in [1.54, 1.807) is 20.8 Å². The summed E-state index contributed by atoms with van der Waals surface area (Å²) in [6.07, 6.45) is -0.448. The standard InChI is InChI=1S/C20H30N2O5/c1-13(2)15(22-19(26)27-20(3,4)5)12-17(23)21-16(18(24)25)11-14-9-7-6-8-10-14/h6-10,13,15-16H,11-12H2,1-5H3,(H,21,23)(H,22,26)(H,24,25)/t15-,16-/m1/s1. The normalized spacial score (nSPS) is 13.6. The molecule has 150 valence electrons. The lowest BCUT2D eigenvalue weighted by molar-refractivity contribution is -0.141. The van der Waals surface area contributed by atoms with Crippen molar-refractivity contribution in [2.45, 2.75) is 65.1 Å². The average Bonchev–Trinajstić information content (AvgIpc) is 2.52. The van der Waals surface area contributed by atoms with Gasteiger partial charge in [0.05, 0.1) is 0 Å². The molecule has 1 rings (SSSR count). The van der Waals surface area contributed by atoms with Crippen LogP contribution in [0.2, 0.25) is 0 Å². The highest BCUT2D eigenvalue weighted by atomic mass is 16.6. The Balaban J connectivity index is 2.68. The average molecular weight is 378 g/mol. The number of nitrogens with one attached hydrogen (secondary N) is 2. The van der Waals surface area contributed by atoms with Crippen LogP contribution < -0.4 is 10.6 Å². The third kappa shape index (κ3) is 9.08. The van der Waals surface area contributed by atoms with Crippen molar-refractivity contribution in [1.82, 2.24) is 10.6 Å². The number of carbonyl (C=O) groups is 3. The zero-order chi connectivity index (χ0) is 20.6. The molecule has 7 nitrogen and oxygen atoms in total. The fourth-order valence-electron chi connectivity index (χ4n) is 2.42. The van der Waals surface area contributed by atoms with E-state index in [0.29, 0.717) is 0 Å². The maximum Gasteiger partial charge on any atom is 0.407 e. The van der Waals surface area contributed by atoms with Gasteiger partial charge in [-0.15, -0.1) is 0 Å². The van der Waals surface area contributed by atoms with Gasteiger partial charge in [0.2, 0.25) is 5.91 Å². The van der Waals surface area contributed by atoms with E-state index < -0.39 is 35.7 Å². The lowest BCUT2D eigenvalue weighted by Gasteiger charge is -2.26. The van der Waals surface area contributed by atoms with E-state index in [2.05, 4.69) is 10.6 Å². The number of carboxylic acids is 1. The van der Waals surface area contributed by atoms with E-state index in [9.17, 15) is 19.5 Å². The van der Waals surface area contributed by atoms with Gasteiger partial charge in [-0.2, -0.15) is 0 Å². The summed E-state index contributed by atoms with van der Waals surface area (Å²) in [5.74, 6) is -1.57. The molecule has 0 bridgehead atoms. The molecule has 0 heterocycles. The molecule has 7 heteroatoms. The molecule has 27 heavy (non-hydrogen) atoms. The number of amides is 2. The maximum atomic E-state index is 12.4. The molecule has 2 amide bonds. The van der Waals surface area contributed by atoms with Crippen molar-refractivity contribution >= 4 is 18.0 Å². The smallest absolute Gasteiger partial charge is 0.407 e. The summed E-state index contributed by atoms with van der Waals surface area (Å²) in [6, 6.07) is 7.59. The number of benzene rings is 1. The molecule has 0 fully saturated rings. The van der Waals surface area contributed by atoms with Gasteiger partial charge in [0.25, 0.3) is 0 Å². The van der Waals surface area contributed by atoms with E-state index in [4.69, 9.17) is 4.74 Å². The Morgan fingerprint density at radius 2 is 1.67 bits per heavy atom. The minimum Gasteiger partial charge on any atom is -0.480 e. The van der Waals surface area contributed by atoms with Crippen molar-refractivity contribution in [1.29, 1.82) is 0 Å². The lowest BCUT2D eigenvalue weighted by atomic mass is 10.00. The van der Waals surface area contributed by atoms with Crippen LogP contribution in [0.1, 0.15) is 46.6 Å². The molecule has 0 aliphatic heterocycles. The number of hydrogen-bond donors (Lipinski definition) is 3. The molecule has 0 aromatic heterocycles. The number of carbonyl (C=O) groups excluding carboxylic acids is 2. The molecule has 0 aliphatic rings. The predicted octanol–water partition coefficient (Wildman–Crippen LogP) is 2.74. The van der Waals surface area contributed by atoms with Crippen LogP contribution in [0.3, 0.4) is 0 Å². The predicted molar refractivity (Wildman–Crippen MR) is 102 cm³/mol. The van der Waals surface area contributed by atoms with Crippen LogP contribution in [0.15, 0.2) is 30.3 Å². The van der Waals surface area contributed by atoms with Crippen LogP contribution in [0.4, 0.5) is 4.79 Å². The van der Waals surface area contributed by atoms with Crippen molar-refractivity contribution in [3.63, 3.8) is 0 Å². The number of hydrogen-bond acceptors (Lipinski definition) is 4. The largest absolute Gasteiger partial charge is 0.480 e. The first-order chi connectivity index (χ1) is 12.5. The highest BCUT2D eigenvalue weighted by Crippen LogP contribution is 2.11. The number of carboxylic acid groups (broad SMARTS) is 1. The summed E-state index contributed by atoms with van der Waals surface area (Å²) in [5.41, 5.74) is 0.176. The van der Waals surface area contributed by atoms with Crippen LogP contribution in [-0.4, -0.2) is 40.8 Å². The van der Waals surface area contributed by atoms with Gasteiger partial charge >= 0.3 is 12.1 Å². The molecule has 0 aliphatic carbocycles. The fourth-order valence-corrected chi connectivity index (χ4v) is 2.42. The number of ether oxygens (including phenoxy) is 1. The van der Waals surface area contributed by atoms with Crippen molar-refractivity contribution in [3.05, 3.63) is 35.9 Å². The van der Waals surface area contributed by atoms with Crippen LogP contribution in [0.5, 0.6) is 0 Å². The quantitative estimate of drug-likeness (QED) is 0.645. The molecule has 0 saturated heterocycles. The molecule has 1 aromatic rings. The summed E-state index contributed by atoms with van der Waals surface area (Å²) in [6.45, 7) is 9.00. The Kier molecular flexibility index (Phi) is 8.28. The summed E-state index contributed by atoms with van der Waals surface area (Å²) in [4.78, 5) is 35.8. The van der Waals surface area contributed by atoms with Crippen molar-refractivity contribution < 1.29 is 24.2 Å². The SMILES string of the molecule is CC(C)[C@@H](CC(=O)N[C@H](Cc1ccccc1)C(=O)O)NC(=O)OC(C)(C)C. The highest BCUT2D eigenvalue weighted by Gasteiger charge is 2.26. The molecule has 1 aromatic carbocycles. The van der Waals surface area contributed by atoms with Gasteiger partial charge in [-0.3, -0.25) is 4.79 Å². The summed E-state index contributed by atoms with van der Waals surface area (Å²) < 4.78 is 5.22. The first-order valence-corrected chi connectivity index (χ1v) is 9.03. The van der Waals surface area contributed by atoms with Gasteiger partial charge in [0.1, 0.15) is 11.6 Å². The monoisotopic (exact) mass is 378 g/mol. The summed E-state index contributed by atoms with van der Waals surface area (Å²) in [7, 11) is 0. The Hall–Kier alpha value is -2.57. The summed E-state index contributed by atoms with van der Waals surface area (Å²) >= 11 is 0. The van der Waals surface area contributed by atoms with Crippen LogP contribution in [-0.2, 0) is 20.7 Å². The van der Waals surface area contributed by atoms with Gasteiger partial charge in [0.15, 0.2) is 0 Å². The zero-order valence-electron chi connectivity index (χ0n) is 16.6. The third-order valence-corrected chi connectivity index (χ3v) is 3.83. The van der Waals surface area contributed by atoms with Crippen molar-refractivity contribution in [2.24, 2.45) is 5.92 Å². The van der Waals surface area contributed by atoms with Gasteiger partial charge in [0, 0.05) is 18.9 Å². The molecule has 0 radical (unpaired) electrons. The highest BCUT2D eigenvalue weighted by molar-refractivity contribution is 5.84. The van der Waals surface area contributed by atoms with Crippen LogP contribution >= 0.6 is 0 Å². The molecule has 0 unspecified atom stereocenters. The maximum absolute atomic E-state index is 12.4. The molecule has 0 saturated carbocycles. The number of rotatable bonds is 8. The second-order valence-corrected chi connectivity index (χ2v) is 7.85. The van der Waals surface area contributed by atoms with Gasteiger partial charge < -0.3 is 20.5 Å². The van der Waals surface area contributed by atoms with Gasteiger partial charge in [-0.1, -0.05) is 44.2 Å². The second kappa shape index (κ2) is 9.94. The van der Waals surface area contributed by atoms with E-state index in [1.807, 2.05) is 44.2 Å². The molecule has 3 N–H and O–H groups in total. The van der Waals surface area contributed by atoms with E-state index in [0.717, 1.165) is 5.56 Å². The first-order valence-electron chi connectivity index (χ1n) is 9.03. The van der Waals surface area contributed by atoms with E-state index in [1.165, 1.54) is 0 Å². The van der Waals surface area contributed by atoms with Gasteiger partial charge in [-0.05, 0) is 32.3 Å². The Bertz CT molecular complexity index is 638. The number of alkyl carbamates (subject to hydrolysis) is 1. The second-order valence-electron chi connectivity index (χ2n) is 7.85.